The van der Waals surface area contributed by atoms with Gasteiger partial charge in [0.25, 0.3) is 0 Å². The van der Waals surface area contributed by atoms with Crippen LogP contribution >= 0.6 is 0 Å². The summed E-state index contributed by atoms with van der Waals surface area (Å²) < 4.78 is 0. The molecule has 2 heterocycles. The first-order valence-corrected chi connectivity index (χ1v) is 8.27. The Hall–Kier alpha value is -1.84. The Kier molecular flexibility index (Phi) is 4.46. The van der Waals surface area contributed by atoms with Crippen molar-refractivity contribution in [3.05, 3.63) is 35.9 Å². The molecule has 0 spiro atoms. The molecule has 2 amide bonds. The van der Waals surface area contributed by atoms with E-state index in [0.29, 0.717) is 25.3 Å². The number of rotatable bonds is 3. The monoisotopic (exact) mass is 300 g/mol. The molecule has 0 saturated carbocycles. The maximum atomic E-state index is 12.8. The number of carbonyl (C=O) groups is 2. The van der Waals surface area contributed by atoms with E-state index >= 15 is 0 Å². The van der Waals surface area contributed by atoms with Crippen molar-refractivity contribution in [3.8, 4) is 0 Å². The van der Waals surface area contributed by atoms with Crippen LogP contribution in [0.4, 0.5) is 0 Å². The van der Waals surface area contributed by atoms with Crippen molar-refractivity contribution in [2.24, 2.45) is 5.92 Å². The summed E-state index contributed by atoms with van der Waals surface area (Å²) in [5.74, 6) is 0.818. The fourth-order valence-electron chi connectivity index (χ4n) is 3.57. The van der Waals surface area contributed by atoms with Gasteiger partial charge in [0.2, 0.25) is 11.8 Å². The van der Waals surface area contributed by atoms with Crippen molar-refractivity contribution < 1.29 is 9.59 Å². The van der Waals surface area contributed by atoms with Gasteiger partial charge in [-0.1, -0.05) is 37.3 Å². The second-order valence-corrected chi connectivity index (χ2v) is 6.59. The lowest BCUT2D eigenvalue weighted by atomic mass is 9.99. The Labute approximate surface area is 132 Å². The molecule has 4 heteroatoms. The van der Waals surface area contributed by atoms with Crippen LogP contribution in [0.3, 0.4) is 0 Å². The Morgan fingerprint density at radius 3 is 2.73 bits per heavy atom. The van der Waals surface area contributed by atoms with Crippen LogP contribution in [-0.4, -0.2) is 40.7 Å². The van der Waals surface area contributed by atoms with Crippen LogP contribution in [0.5, 0.6) is 0 Å². The van der Waals surface area contributed by atoms with Crippen LogP contribution < -0.4 is 0 Å². The van der Waals surface area contributed by atoms with Gasteiger partial charge in [-0.05, 0) is 30.7 Å². The second kappa shape index (κ2) is 6.51. The number of piperidine rings is 1. The number of benzene rings is 1. The maximum absolute atomic E-state index is 12.8. The van der Waals surface area contributed by atoms with Gasteiger partial charge in [0.1, 0.15) is 6.04 Å². The smallest absolute Gasteiger partial charge is 0.245 e. The van der Waals surface area contributed by atoms with Crippen LogP contribution in [-0.2, 0) is 16.1 Å². The molecule has 2 fully saturated rings. The number of carbonyl (C=O) groups excluding carboxylic acids is 2. The Balaban J connectivity index is 1.71. The molecule has 1 aromatic carbocycles. The van der Waals surface area contributed by atoms with Crippen molar-refractivity contribution in [3.63, 3.8) is 0 Å². The largest absolute Gasteiger partial charge is 0.341 e. The molecule has 0 radical (unpaired) electrons. The number of likely N-dealkylation sites (tertiary alicyclic amines) is 2. The van der Waals surface area contributed by atoms with Crippen molar-refractivity contribution >= 4 is 11.8 Å². The highest BCUT2D eigenvalue weighted by molar-refractivity contribution is 5.91. The van der Waals surface area contributed by atoms with Gasteiger partial charge < -0.3 is 9.80 Å². The molecule has 22 heavy (non-hydrogen) atoms. The van der Waals surface area contributed by atoms with E-state index in [4.69, 9.17) is 0 Å². The summed E-state index contributed by atoms with van der Waals surface area (Å²) in [6, 6.07) is 9.66. The van der Waals surface area contributed by atoms with E-state index in [1.54, 1.807) is 4.90 Å². The average molecular weight is 300 g/mol. The van der Waals surface area contributed by atoms with E-state index in [1.165, 1.54) is 6.42 Å². The fourth-order valence-corrected chi connectivity index (χ4v) is 3.57. The summed E-state index contributed by atoms with van der Waals surface area (Å²) in [5, 5.41) is 0. The zero-order valence-corrected chi connectivity index (χ0v) is 13.2. The van der Waals surface area contributed by atoms with E-state index in [1.807, 2.05) is 35.2 Å². The molecule has 0 aliphatic carbocycles. The second-order valence-electron chi connectivity index (χ2n) is 6.59. The molecular formula is C18H24N2O2. The predicted molar refractivity (Wildman–Crippen MR) is 85.0 cm³/mol. The zero-order valence-electron chi connectivity index (χ0n) is 13.2. The van der Waals surface area contributed by atoms with Gasteiger partial charge in [-0.25, -0.2) is 0 Å². The third-order valence-corrected chi connectivity index (χ3v) is 4.78. The van der Waals surface area contributed by atoms with Gasteiger partial charge in [0, 0.05) is 26.1 Å². The lowest BCUT2D eigenvalue weighted by Crippen LogP contribution is -2.49. The molecule has 118 valence electrons. The minimum atomic E-state index is -0.266. The van der Waals surface area contributed by atoms with Gasteiger partial charge in [0.15, 0.2) is 0 Å². The molecule has 4 nitrogen and oxygen atoms in total. The van der Waals surface area contributed by atoms with Gasteiger partial charge >= 0.3 is 0 Å². The maximum Gasteiger partial charge on any atom is 0.245 e. The standard InChI is InChI=1S/C18H24N2O2/c1-14-6-5-11-19(12-14)18(22)16-9-10-17(21)20(16)13-15-7-3-2-4-8-15/h2-4,7-8,14,16H,5-6,9-13H2,1H3. The molecule has 3 rings (SSSR count). The van der Waals surface area contributed by atoms with E-state index in [-0.39, 0.29) is 17.9 Å². The summed E-state index contributed by atoms with van der Waals surface area (Å²) in [6.07, 6.45) is 3.43. The van der Waals surface area contributed by atoms with Gasteiger partial charge in [-0.3, -0.25) is 9.59 Å². The number of hydrogen-bond donors (Lipinski definition) is 0. The number of amides is 2. The van der Waals surface area contributed by atoms with Crippen LogP contribution in [0, 0.1) is 5.92 Å². The first-order chi connectivity index (χ1) is 10.6. The molecule has 0 bridgehead atoms. The van der Waals surface area contributed by atoms with Crippen molar-refractivity contribution in [2.45, 2.75) is 45.2 Å². The highest BCUT2D eigenvalue weighted by Gasteiger charge is 2.38. The van der Waals surface area contributed by atoms with Gasteiger partial charge in [-0.2, -0.15) is 0 Å². The lowest BCUT2D eigenvalue weighted by molar-refractivity contribution is -0.143. The predicted octanol–water partition coefficient (Wildman–Crippen LogP) is 2.44. The minimum Gasteiger partial charge on any atom is -0.341 e. The third-order valence-electron chi connectivity index (χ3n) is 4.78. The van der Waals surface area contributed by atoms with Crippen molar-refractivity contribution in [1.82, 2.24) is 9.80 Å². The highest BCUT2D eigenvalue weighted by atomic mass is 16.2. The summed E-state index contributed by atoms with van der Waals surface area (Å²) in [4.78, 5) is 28.8. The minimum absolute atomic E-state index is 0.104. The number of hydrogen-bond acceptors (Lipinski definition) is 2. The Bertz CT molecular complexity index is 543. The van der Waals surface area contributed by atoms with Crippen molar-refractivity contribution in [2.75, 3.05) is 13.1 Å². The number of nitrogens with zero attached hydrogens (tertiary/aromatic N) is 2. The quantitative estimate of drug-likeness (QED) is 0.860. The normalized spacial score (nSPS) is 25.6. The van der Waals surface area contributed by atoms with E-state index in [2.05, 4.69) is 6.92 Å². The van der Waals surface area contributed by atoms with E-state index < -0.39 is 0 Å². The van der Waals surface area contributed by atoms with Crippen LogP contribution in [0.25, 0.3) is 0 Å². The summed E-state index contributed by atoms with van der Waals surface area (Å²) in [5.41, 5.74) is 1.09. The summed E-state index contributed by atoms with van der Waals surface area (Å²) in [7, 11) is 0. The topological polar surface area (TPSA) is 40.6 Å². The molecule has 1 aromatic rings. The summed E-state index contributed by atoms with van der Waals surface area (Å²) in [6.45, 7) is 4.41. The highest BCUT2D eigenvalue weighted by Crippen LogP contribution is 2.25. The molecule has 0 aromatic heterocycles. The van der Waals surface area contributed by atoms with Gasteiger partial charge in [-0.15, -0.1) is 0 Å². The Morgan fingerprint density at radius 2 is 2.00 bits per heavy atom. The fraction of sp³-hybridized carbons (Fsp3) is 0.556. The van der Waals surface area contributed by atoms with Crippen LogP contribution in [0.15, 0.2) is 30.3 Å². The van der Waals surface area contributed by atoms with Crippen molar-refractivity contribution in [1.29, 1.82) is 0 Å². The third kappa shape index (κ3) is 3.16. The molecular weight excluding hydrogens is 276 g/mol. The average Bonchev–Trinajstić information content (AvgIpc) is 2.89. The molecule has 2 unspecified atom stereocenters. The zero-order chi connectivity index (χ0) is 15.5. The van der Waals surface area contributed by atoms with E-state index in [0.717, 1.165) is 25.1 Å². The van der Waals surface area contributed by atoms with Gasteiger partial charge in [0.05, 0.1) is 0 Å². The lowest BCUT2D eigenvalue weighted by Gasteiger charge is -2.35. The SMILES string of the molecule is CC1CCCN(C(=O)C2CCC(=O)N2Cc2ccccc2)C1. The molecule has 0 N–H and O–H groups in total. The van der Waals surface area contributed by atoms with Crippen LogP contribution in [0.2, 0.25) is 0 Å². The van der Waals surface area contributed by atoms with E-state index in [9.17, 15) is 9.59 Å². The molecule has 2 aliphatic heterocycles. The Morgan fingerprint density at radius 1 is 1.23 bits per heavy atom. The first kappa shape index (κ1) is 15.1. The summed E-state index contributed by atoms with van der Waals surface area (Å²) >= 11 is 0. The molecule has 2 atom stereocenters. The first-order valence-electron chi connectivity index (χ1n) is 8.27. The van der Waals surface area contributed by atoms with Crippen LogP contribution in [0.1, 0.15) is 38.2 Å². The molecule has 2 aliphatic rings. The molecule has 2 saturated heterocycles.